The molecule has 0 heterocycles. The predicted octanol–water partition coefficient (Wildman–Crippen LogP) is 2.43. The lowest BCUT2D eigenvalue weighted by atomic mass is 9.94. The second-order valence-electron chi connectivity index (χ2n) is 2.32. The first-order valence-electron chi connectivity index (χ1n) is 3.15. The van der Waals surface area contributed by atoms with E-state index in [1.165, 1.54) is 0 Å². The van der Waals surface area contributed by atoms with E-state index in [2.05, 4.69) is 26.3 Å². The van der Waals surface area contributed by atoms with E-state index in [0.29, 0.717) is 5.92 Å². The topological polar surface area (TPSA) is 0 Å². The van der Waals surface area contributed by atoms with Crippen molar-refractivity contribution in [1.82, 2.24) is 0 Å². The molecule has 0 saturated heterocycles. The molecule has 0 amide bonds. The zero-order chi connectivity index (χ0) is 7.28. The minimum absolute atomic E-state index is 0.494. The molecule has 1 radical (unpaired) electrons. The highest BCUT2D eigenvalue weighted by atomic mass is 14.1. The third kappa shape index (κ3) is 2.98. The number of allylic oxidation sites excluding steroid dienone is 1. The fraction of sp³-hybridized carbons (Fsp3) is 0.444. The molecule has 0 saturated carbocycles. The minimum atomic E-state index is 0.494. The summed E-state index contributed by atoms with van der Waals surface area (Å²) < 4.78 is 0. The summed E-state index contributed by atoms with van der Waals surface area (Å²) in [5.41, 5.74) is 0. The molecule has 0 nitrogen and oxygen atoms in total. The van der Waals surface area contributed by atoms with E-state index in [-0.39, 0.29) is 0 Å². The van der Waals surface area contributed by atoms with Crippen LogP contribution in [0, 0.1) is 24.2 Å². The predicted molar refractivity (Wildman–Crippen MR) is 41.7 cm³/mol. The molecule has 0 rings (SSSR count). The first-order chi connectivity index (χ1) is 4.22. The Morgan fingerprint density at radius 1 is 1.78 bits per heavy atom. The van der Waals surface area contributed by atoms with Gasteiger partial charge in [0.05, 0.1) is 5.92 Å². The molecule has 49 valence electrons. The zero-order valence-electron chi connectivity index (χ0n) is 6.15. The molecule has 0 atom stereocenters. The normalized spacial score (nSPS) is 9.67. The number of terminal acetylenes is 1. The standard InChI is InChI=1S/C9H13/c1-5-7-9(6-2)8(3)4/h2,5,8H,1,7H2,3-4H3. The van der Waals surface area contributed by atoms with Gasteiger partial charge in [-0.1, -0.05) is 25.8 Å². The summed E-state index contributed by atoms with van der Waals surface area (Å²) in [7, 11) is 0. The first-order valence-corrected chi connectivity index (χ1v) is 3.15. The van der Waals surface area contributed by atoms with Crippen molar-refractivity contribution in [1.29, 1.82) is 0 Å². The molecule has 9 heavy (non-hydrogen) atoms. The largest absolute Gasteiger partial charge is 0.119 e. The van der Waals surface area contributed by atoms with Crippen LogP contribution in [0.15, 0.2) is 12.7 Å². The van der Waals surface area contributed by atoms with Gasteiger partial charge >= 0.3 is 0 Å². The highest BCUT2D eigenvalue weighted by Crippen LogP contribution is 2.15. The fourth-order valence-electron chi connectivity index (χ4n) is 0.617. The summed E-state index contributed by atoms with van der Waals surface area (Å²) in [6.07, 6.45) is 7.92. The molecule has 0 aromatic carbocycles. The number of hydrogen-bond donors (Lipinski definition) is 0. The maximum Gasteiger partial charge on any atom is 0.0539 e. The Balaban J connectivity index is 3.71. The highest BCUT2D eigenvalue weighted by molar-refractivity contribution is 5.20. The first kappa shape index (κ1) is 8.30. The van der Waals surface area contributed by atoms with Crippen molar-refractivity contribution in [3.63, 3.8) is 0 Å². The number of rotatable bonds is 3. The van der Waals surface area contributed by atoms with Crippen LogP contribution in [0.2, 0.25) is 0 Å². The Morgan fingerprint density at radius 2 is 2.33 bits per heavy atom. The summed E-state index contributed by atoms with van der Waals surface area (Å²) in [4.78, 5) is 0. The molecule has 0 aliphatic rings. The van der Waals surface area contributed by atoms with Crippen molar-refractivity contribution >= 4 is 0 Å². The molecule has 0 aliphatic carbocycles. The van der Waals surface area contributed by atoms with Gasteiger partial charge in [0.2, 0.25) is 0 Å². The second kappa shape index (κ2) is 4.21. The van der Waals surface area contributed by atoms with Gasteiger partial charge in [-0.3, -0.25) is 0 Å². The third-order valence-electron chi connectivity index (χ3n) is 1.25. The van der Waals surface area contributed by atoms with Crippen LogP contribution in [0.4, 0.5) is 0 Å². The molecule has 0 fully saturated rings. The molecule has 0 unspecified atom stereocenters. The van der Waals surface area contributed by atoms with Crippen LogP contribution < -0.4 is 0 Å². The lowest BCUT2D eigenvalue weighted by Crippen LogP contribution is -2.00. The van der Waals surface area contributed by atoms with Gasteiger partial charge in [-0.05, 0) is 12.3 Å². The summed E-state index contributed by atoms with van der Waals surface area (Å²) in [5, 5.41) is 0. The molecule has 0 spiro atoms. The van der Waals surface area contributed by atoms with Gasteiger partial charge in [0, 0.05) is 0 Å². The Hall–Kier alpha value is -0.700. The van der Waals surface area contributed by atoms with Crippen LogP contribution in [0.5, 0.6) is 0 Å². The van der Waals surface area contributed by atoms with E-state index >= 15 is 0 Å². The fourth-order valence-corrected chi connectivity index (χ4v) is 0.617. The van der Waals surface area contributed by atoms with Crippen LogP contribution in [-0.4, -0.2) is 0 Å². The molecule has 0 aliphatic heterocycles. The minimum Gasteiger partial charge on any atom is -0.119 e. The van der Waals surface area contributed by atoms with Crippen molar-refractivity contribution in [2.75, 3.05) is 0 Å². The maximum absolute atomic E-state index is 5.22. The van der Waals surface area contributed by atoms with Crippen LogP contribution >= 0.6 is 0 Å². The van der Waals surface area contributed by atoms with Crippen LogP contribution in [0.25, 0.3) is 0 Å². The summed E-state index contributed by atoms with van der Waals surface area (Å²) in [6, 6.07) is 0. The smallest absolute Gasteiger partial charge is 0.0539 e. The molecule has 0 aromatic rings. The van der Waals surface area contributed by atoms with Gasteiger partial charge in [-0.15, -0.1) is 13.0 Å². The third-order valence-corrected chi connectivity index (χ3v) is 1.25. The van der Waals surface area contributed by atoms with E-state index in [1.807, 2.05) is 6.08 Å². The van der Waals surface area contributed by atoms with Crippen molar-refractivity contribution in [3.05, 3.63) is 18.6 Å². The van der Waals surface area contributed by atoms with Gasteiger partial charge in [0.15, 0.2) is 0 Å². The van der Waals surface area contributed by atoms with Crippen LogP contribution in [0.3, 0.4) is 0 Å². The average molecular weight is 121 g/mol. The van der Waals surface area contributed by atoms with Gasteiger partial charge < -0.3 is 0 Å². The zero-order valence-corrected chi connectivity index (χ0v) is 6.15. The van der Waals surface area contributed by atoms with Crippen LogP contribution in [-0.2, 0) is 0 Å². The highest BCUT2D eigenvalue weighted by Gasteiger charge is 2.07. The van der Waals surface area contributed by atoms with E-state index in [1.54, 1.807) is 0 Å². The molecular weight excluding hydrogens is 108 g/mol. The van der Waals surface area contributed by atoms with Gasteiger partial charge in [-0.2, -0.15) is 0 Å². The molecule has 0 heteroatoms. The van der Waals surface area contributed by atoms with Gasteiger partial charge in [-0.25, -0.2) is 0 Å². The Morgan fingerprint density at radius 3 is 2.44 bits per heavy atom. The van der Waals surface area contributed by atoms with Crippen LogP contribution in [0.1, 0.15) is 20.3 Å². The SMILES string of the molecule is C#C[C](CC=C)C(C)C. The molecule has 0 N–H and O–H groups in total. The van der Waals surface area contributed by atoms with Gasteiger partial charge in [0.25, 0.3) is 0 Å². The molecular formula is C9H13. The van der Waals surface area contributed by atoms with E-state index < -0.39 is 0 Å². The average Bonchev–Trinajstić information content (AvgIpc) is 1.82. The van der Waals surface area contributed by atoms with Gasteiger partial charge in [0.1, 0.15) is 0 Å². The Bertz CT molecular complexity index is 114. The molecule has 0 aromatic heterocycles. The van der Waals surface area contributed by atoms with Crippen molar-refractivity contribution in [2.24, 2.45) is 5.92 Å². The van der Waals surface area contributed by atoms with Crippen molar-refractivity contribution < 1.29 is 0 Å². The van der Waals surface area contributed by atoms with E-state index in [0.717, 1.165) is 12.3 Å². The van der Waals surface area contributed by atoms with E-state index in [4.69, 9.17) is 6.42 Å². The maximum atomic E-state index is 5.22. The lowest BCUT2D eigenvalue weighted by molar-refractivity contribution is 0.686. The Kier molecular flexibility index (Phi) is 3.88. The van der Waals surface area contributed by atoms with Crippen molar-refractivity contribution in [2.45, 2.75) is 20.3 Å². The molecule has 0 bridgehead atoms. The van der Waals surface area contributed by atoms with E-state index in [9.17, 15) is 0 Å². The lowest BCUT2D eigenvalue weighted by Gasteiger charge is -2.09. The Labute approximate surface area is 58.0 Å². The van der Waals surface area contributed by atoms with Crippen molar-refractivity contribution in [3.8, 4) is 12.3 Å². The monoisotopic (exact) mass is 121 g/mol. The summed E-state index contributed by atoms with van der Waals surface area (Å²) in [5.74, 6) is 4.27. The quantitative estimate of drug-likeness (QED) is 0.397. The summed E-state index contributed by atoms with van der Waals surface area (Å²) in [6.45, 7) is 7.81. The summed E-state index contributed by atoms with van der Waals surface area (Å²) >= 11 is 0. The second-order valence-corrected chi connectivity index (χ2v) is 2.32. The number of hydrogen-bond acceptors (Lipinski definition) is 0.